The Kier molecular flexibility index (Phi) is 5.81. The van der Waals surface area contributed by atoms with E-state index in [1.165, 1.54) is 4.90 Å². The van der Waals surface area contributed by atoms with Gasteiger partial charge in [0, 0.05) is 10.9 Å². The largest absolute Gasteiger partial charge is 0.466 e. The second kappa shape index (κ2) is 8.13. The molecule has 3 aliphatic heterocycles. The second-order valence-corrected chi connectivity index (χ2v) is 10.5. The number of likely N-dealkylation sites (tertiary alicyclic amines) is 1. The van der Waals surface area contributed by atoms with E-state index in [1.54, 1.807) is 25.6 Å². The number of amides is 2. The number of nitrogens with zero attached hydrogens (tertiary/aromatic N) is 1. The molecule has 168 valence electrons. The van der Waals surface area contributed by atoms with Gasteiger partial charge in [-0.25, -0.2) is 0 Å². The minimum Gasteiger partial charge on any atom is -0.466 e. The summed E-state index contributed by atoms with van der Waals surface area (Å²) in [7, 11) is 0. The minimum absolute atomic E-state index is 0.0180. The number of carbonyl (C=O) groups excluding carboxylic acids is 3. The summed E-state index contributed by atoms with van der Waals surface area (Å²) >= 11 is 1.60. The highest BCUT2D eigenvalue weighted by atomic mass is 32.2. The van der Waals surface area contributed by atoms with Gasteiger partial charge < -0.3 is 20.1 Å². The highest BCUT2D eigenvalue weighted by molar-refractivity contribution is 8.02. The zero-order valence-corrected chi connectivity index (χ0v) is 19.2. The summed E-state index contributed by atoms with van der Waals surface area (Å²) < 4.78 is 4.62. The van der Waals surface area contributed by atoms with Crippen molar-refractivity contribution in [3.63, 3.8) is 0 Å². The second-order valence-electron chi connectivity index (χ2n) is 8.89. The number of aliphatic hydroxyl groups excluding tert-OH is 1. The van der Waals surface area contributed by atoms with Gasteiger partial charge in [-0.15, -0.1) is 11.8 Å². The number of anilines is 1. The lowest BCUT2D eigenvalue weighted by Crippen LogP contribution is -2.54. The van der Waals surface area contributed by atoms with Crippen LogP contribution >= 0.6 is 11.8 Å². The zero-order valence-electron chi connectivity index (χ0n) is 18.4. The summed E-state index contributed by atoms with van der Waals surface area (Å²) in [5, 5.41) is 12.9. The molecule has 2 bridgehead atoms. The van der Waals surface area contributed by atoms with Gasteiger partial charge in [-0.2, -0.15) is 0 Å². The number of hydrogen-bond acceptors (Lipinski definition) is 6. The third-order valence-electron chi connectivity index (χ3n) is 6.94. The summed E-state index contributed by atoms with van der Waals surface area (Å²) in [5.41, 5.74) is 2.68. The van der Waals surface area contributed by atoms with Crippen LogP contribution in [0.2, 0.25) is 0 Å². The standard InChI is InChI=1S/C23H30N2O5S/c1-5-30-22(29)17-16-8-9-23(31-16)18(17)21(28)25(14(4)11-26)19(23)20(27)24-15-10-12(2)6-7-13(15)3/h6-7,10,14,16-19,26H,5,8-9,11H2,1-4H3,(H,24,27)/t14-,16-,17+,18+,19?,23?/m1/s1. The molecule has 3 fully saturated rings. The van der Waals surface area contributed by atoms with Gasteiger partial charge in [-0.1, -0.05) is 12.1 Å². The van der Waals surface area contributed by atoms with Crippen molar-refractivity contribution >= 4 is 35.2 Å². The third kappa shape index (κ3) is 3.35. The van der Waals surface area contributed by atoms with Crippen LogP contribution in [0.25, 0.3) is 0 Å². The molecule has 7 nitrogen and oxygen atoms in total. The van der Waals surface area contributed by atoms with Crippen molar-refractivity contribution in [3.05, 3.63) is 29.3 Å². The highest BCUT2D eigenvalue weighted by Gasteiger charge is 2.74. The number of ether oxygens (including phenoxy) is 1. The number of aliphatic hydroxyl groups is 1. The van der Waals surface area contributed by atoms with E-state index in [0.717, 1.165) is 17.5 Å². The topological polar surface area (TPSA) is 95.9 Å². The van der Waals surface area contributed by atoms with Gasteiger partial charge in [0.2, 0.25) is 11.8 Å². The van der Waals surface area contributed by atoms with E-state index in [1.807, 2.05) is 32.0 Å². The van der Waals surface area contributed by atoms with Crippen molar-refractivity contribution in [2.75, 3.05) is 18.5 Å². The van der Waals surface area contributed by atoms with E-state index in [9.17, 15) is 19.5 Å². The predicted octanol–water partition coefficient (Wildman–Crippen LogP) is 2.28. The first kappa shape index (κ1) is 22.1. The lowest BCUT2D eigenvalue weighted by atomic mass is 9.71. The molecule has 3 saturated heterocycles. The average molecular weight is 447 g/mol. The number of rotatable bonds is 6. The number of benzene rings is 1. The molecule has 3 aliphatic rings. The average Bonchev–Trinajstić information content (AvgIpc) is 3.37. The maximum absolute atomic E-state index is 13.7. The van der Waals surface area contributed by atoms with Crippen molar-refractivity contribution in [3.8, 4) is 0 Å². The van der Waals surface area contributed by atoms with Crippen molar-refractivity contribution in [2.45, 2.75) is 62.6 Å². The molecular formula is C23H30N2O5S. The summed E-state index contributed by atoms with van der Waals surface area (Å²) in [6, 6.07) is 4.58. The van der Waals surface area contributed by atoms with Crippen LogP contribution in [-0.2, 0) is 19.1 Å². The van der Waals surface area contributed by atoms with Crippen LogP contribution in [0.15, 0.2) is 18.2 Å². The number of thioether (sulfide) groups is 1. The molecule has 0 saturated carbocycles. The first-order valence-corrected chi connectivity index (χ1v) is 11.8. The minimum atomic E-state index is -0.749. The number of fused-ring (bicyclic) bond motifs is 1. The lowest BCUT2D eigenvalue weighted by Gasteiger charge is -2.36. The molecule has 1 spiro atoms. The van der Waals surface area contributed by atoms with E-state index >= 15 is 0 Å². The predicted molar refractivity (Wildman–Crippen MR) is 119 cm³/mol. The number of esters is 1. The normalized spacial score (nSPS) is 32.2. The molecule has 8 heteroatoms. The fourth-order valence-corrected chi connectivity index (χ4v) is 7.72. The van der Waals surface area contributed by atoms with Crippen LogP contribution in [-0.4, -0.2) is 63.1 Å². The third-order valence-corrected chi connectivity index (χ3v) is 8.89. The zero-order chi connectivity index (χ0) is 22.5. The summed E-state index contributed by atoms with van der Waals surface area (Å²) in [4.78, 5) is 41.5. The van der Waals surface area contributed by atoms with E-state index in [0.29, 0.717) is 12.1 Å². The molecule has 0 aliphatic carbocycles. The molecule has 0 aromatic heterocycles. The van der Waals surface area contributed by atoms with E-state index < -0.39 is 28.7 Å². The fraction of sp³-hybridized carbons (Fsp3) is 0.609. The van der Waals surface area contributed by atoms with Gasteiger partial charge in [0.05, 0.1) is 35.8 Å². The van der Waals surface area contributed by atoms with Crippen LogP contribution in [0.4, 0.5) is 5.69 Å². The van der Waals surface area contributed by atoms with Crippen molar-refractivity contribution in [1.29, 1.82) is 0 Å². The first-order chi connectivity index (χ1) is 14.7. The van der Waals surface area contributed by atoms with Crippen molar-refractivity contribution in [2.24, 2.45) is 11.8 Å². The Bertz CT molecular complexity index is 921. The Hall–Kier alpha value is -2.06. The van der Waals surface area contributed by atoms with E-state index in [4.69, 9.17) is 4.74 Å². The maximum Gasteiger partial charge on any atom is 0.310 e. The van der Waals surface area contributed by atoms with Crippen LogP contribution < -0.4 is 5.32 Å². The van der Waals surface area contributed by atoms with Crippen LogP contribution in [0, 0.1) is 25.7 Å². The van der Waals surface area contributed by atoms with Crippen LogP contribution in [0.3, 0.4) is 0 Å². The molecular weight excluding hydrogens is 416 g/mol. The number of carbonyl (C=O) groups is 3. The summed E-state index contributed by atoms with van der Waals surface area (Å²) in [6.45, 7) is 7.39. The van der Waals surface area contributed by atoms with Crippen molar-refractivity contribution in [1.82, 2.24) is 4.90 Å². The fourth-order valence-electron chi connectivity index (χ4n) is 5.53. The number of aryl methyl sites for hydroxylation is 2. The van der Waals surface area contributed by atoms with Crippen LogP contribution in [0.5, 0.6) is 0 Å². The van der Waals surface area contributed by atoms with Gasteiger partial charge in [0.15, 0.2) is 0 Å². The van der Waals surface area contributed by atoms with Gasteiger partial charge in [-0.3, -0.25) is 14.4 Å². The number of hydrogen-bond donors (Lipinski definition) is 2. The molecule has 2 amide bonds. The smallest absolute Gasteiger partial charge is 0.310 e. The molecule has 0 radical (unpaired) electrons. The summed E-state index contributed by atoms with van der Waals surface area (Å²) in [5.74, 6) is -1.98. The van der Waals surface area contributed by atoms with Crippen LogP contribution in [0.1, 0.15) is 37.8 Å². The van der Waals surface area contributed by atoms with E-state index in [-0.39, 0.29) is 36.2 Å². The van der Waals surface area contributed by atoms with Gasteiger partial charge in [0.1, 0.15) is 6.04 Å². The van der Waals surface area contributed by atoms with Gasteiger partial charge in [-0.05, 0) is 57.7 Å². The molecule has 2 unspecified atom stereocenters. The molecule has 2 N–H and O–H groups in total. The lowest BCUT2D eigenvalue weighted by molar-refractivity contribution is -0.154. The molecule has 3 heterocycles. The number of nitrogens with one attached hydrogen (secondary N) is 1. The Labute approximate surface area is 186 Å². The molecule has 1 aromatic carbocycles. The first-order valence-electron chi connectivity index (χ1n) is 10.9. The summed E-state index contributed by atoms with van der Waals surface area (Å²) in [6.07, 6.45) is 1.46. The monoisotopic (exact) mass is 446 g/mol. The van der Waals surface area contributed by atoms with Crippen molar-refractivity contribution < 1.29 is 24.2 Å². The SMILES string of the molecule is CCOC(=O)[C@@H]1[C@H]2C(=O)N([C@H](C)CO)C(C(=O)Nc3cc(C)ccc3C)C23CC[C@H]1S3. The molecule has 4 rings (SSSR count). The highest BCUT2D eigenvalue weighted by Crippen LogP contribution is 2.66. The molecule has 1 aromatic rings. The maximum atomic E-state index is 13.7. The van der Waals surface area contributed by atoms with E-state index in [2.05, 4.69) is 5.32 Å². The Morgan fingerprint density at radius 2 is 2.13 bits per heavy atom. The quantitative estimate of drug-likeness (QED) is 0.651. The Morgan fingerprint density at radius 1 is 1.39 bits per heavy atom. The molecule has 6 atom stereocenters. The Morgan fingerprint density at radius 3 is 2.81 bits per heavy atom. The molecule has 31 heavy (non-hydrogen) atoms. The van der Waals surface area contributed by atoms with Gasteiger partial charge in [0.25, 0.3) is 0 Å². The van der Waals surface area contributed by atoms with Gasteiger partial charge >= 0.3 is 5.97 Å². The Balaban J connectivity index is 1.73.